The summed E-state index contributed by atoms with van der Waals surface area (Å²) in [4.78, 5) is 25.5. The van der Waals surface area contributed by atoms with Crippen LogP contribution in [0.25, 0.3) is 21.3 Å². The molecule has 1 fully saturated rings. The normalized spacial score (nSPS) is 19.9. The van der Waals surface area contributed by atoms with Crippen LogP contribution < -0.4 is 5.32 Å². The van der Waals surface area contributed by atoms with Gasteiger partial charge in [0.15, 0.2) is 0 Å². The van der Waals surface area contributed by atoms with Gasteiger partial charge in [-0.15, -0.1) is 11.3 Å². The predicted octanol–water partition coefficient (Wildman–Crippen LogP) is 4.94. The molecule has 0 aliphatic heterocycles. The molecule has 28 heavy (non-hydrogen) atoms. The molecular weight excluding hydrogens is 368 g/mol. The Morgan fingerprint density at radius 2 is 2.04 bits per heavy atom. The number of rotatable bonds is 3. The minimum absolute atomic E-state index is 0.0113. The molecule has 0 bridgehead atoms. The van der Waals surface area contributed by atoms with Crippen LogP contribution in [0.3, 0.4) is 0 Å². The van der Waals surface area contributed by atoms with Gasteiger partial charge in [0.25, 0.3) is 5.91 Å². The number of nitrogens with one attached hydrogen (secondary N) is 2. The van der Waals surface area contributed by atoms with Crippen molar-refractivity contribution in [3.63, 3.8) is 0 Å². The number of amides is 1. The molecule has 2 N–H and O–H groups in total. The fourth-order valence-corrected chi connectivity index (χ4v) is 5.00. The van der Waals surface area contributed by atoms with Crippen LogP contribution in [0, 0.1) is 6.92 Å². The molecular formula is C22H22N4OS. The number of aromatic amines is 1. The van der Waals surface area contributed by atoms with Gasteiger partial charge in [-0.2, -0.15) is 0 Å². The Labute approximate surface area is 167 Å². The number of aryl methyl sites for hydroxylation is 1. The fraction of sp³-hybridized carbons (Fsp3) is 0.318. The molecule has 2 aromatic carbocycles. The third kappa shape index (κ3) is 3.29. The summed E-state index contributed by atoms with van der Waals surface area (Å²) in [6, 6.07) is 14.1. The van der Waals surface area contributed by atoms with Crippen molar-refractivity contribution in [3.8, 4) is 0 Å². The van der Waals surface area contributed by atoms with Gasteiger partial charge in [-0.05, 0) is 56.5 Å². The lowest BCUT2D eigenvalue weighted by molar-refractivity contribution is 0.0925. The van der Waals surface area contributed by atoms with E-state index in [1.807, 2.05) is 43.3 Å². The Morgan fingerprint density at radius 1 is 1.14 bits per heavy atom. The van der Waals surface area contributed by atoms with Crippen molar-refractivity contribution >= 4 is 38.5 Å². The van der Waals surface area contributed by atoms with Gasteiger partial charge in [-0.25, -0.2) is 9.97 Å². The number of H-pyrrole nitrogens is 1. The Kier molecular flexibility index (Phi) is 4.36. The highest BCUT2D eigenvalue weighted by Crippen LogP contribution is 2.32. The van der Waals surface area contributed by atoms with Crippen LogP contribution in [0.5, 0.6) is 0 Å². The number of aromatic nitrogens is 3. The number of benzene rings is 2. The summed E-state index contributed by atoms with van der Waals surface area (Å²) in [6.45, 7) is 1.99. The van der Waals surface area contributed by atoms with E-state index in [2.05, 4.69) is 21.4 Å². The monoisotopic (exact) mass is 390 g/mol. The molecule has 1 amide bonds. The molecule has 5 rings (SSSR count). The van der Waals surface area contributed by atoms with E-state index >= 15 is 0 Å². The largest absolute Gasteiger partial charge is 0.349 e. The van der Waals surface area contributed by atoms with E-state index < -0.39 is 0 Å². The predicted molar refractivity (Wildman–Crippen MR) is 113 cm³/mol. The molecule has 0 saturated heterocycles. The Morgan fingerprint density at radius 3 is 2.93 bits per heavy atom. The summed E-state index contributed by atoms with van der Waals surface area (Å²) < 4.78 is 1.12. The summed E-state index contributed by atoms with van der Waals surface area (Å²) in [5.41, 5.74) is 3.67. The first-order chi connectivity index (χ1) is 13.7. The summed E-state index contributed by atoms with van der Waals surface area (Å²) in [5.74, 6) is 1.39. The average molecular weight is 391 g/mol. The van der Waals surface area contributed by atoms with Crippen LogP contribution in [-0.4, -0.2) is 26.9 Å². The first kappa shape index (κ1) is 17.4. The van der Waals surface area contributed by atoms with Crippen molar-refractivity contribution in [3.05, 3.63) is 58.9 Å². The molecule has 1 aliphatic rings. The molecule has 142 valence electrons. The zero-order valence-electron chi connectivity index (χ0n) is 15.7. The van der Waals surface area contributed by atoms with Gasteiger partial charge in [-0.3, -0.25) is 4.79 Å². The topological polar surface area (TPSA) is 70.7 Å². The number of carbonyl (C=O) groups is 1. The molecule has 0 radical (unpaired) electrons. The smallest absolute Gasteiger partial charge is 0.251 e. The average Bonchev–Trinajstić information content (AvgIpc) is 3.29. The maximum absolute atomic E-state index is 12.8. The van der Waals surface area contributed by atoms with Crippen LogP contribution in [-0.2, 0) is 0 Å². The van der Waals surface area contributed by atoms with Gasteiger partial charge in [0.2, 0.25) is 0 Å². The Hall–Kier alpha value is -2.73. The van der Waals surface area contributed by atoms with E-state index in [9.17, 15) is 4.79 Å². The van der Waals surface area contributed by atoms with Gasteiger partial charge < -0.3 is 10.3 Å². The minimum atomic E-state index is -0.0113. The molecule has 2 aromatic heterocycles. The number of nitrogens with zero attached hydrogens (tertiary/aromatic N) is 2. The SMILES string of the molecule is Cc1nc2cc(C(=O)NC3CCCC(c4nc5ccccc5[nH]4)C3)ccc2s1. The van der Waals surface area contributed by atoms with Gasteiger partial charge in [0.05, 0.1) is 26.3 Å². The minimum Gasteiger partial charge on any atom is -0.349 e. The number of fused-ring (bicyclic) bond motifs is 2. The molecule has 6 heteroatoms. The molecule has 2 heterocycles. The number of hydrogen-bond acceptors (Lipinski definition) is 4. The third-order valence-electron chi connectivity index (χ3n) is 5.56. The van der Waals surface area contributed by atoms with Crippen molar-refractivity contribution in [1.29, 1.82) is 0 Å². The second kappa shape index (κ2) is 7.02. The summed E-state index contributed by atoms with van der Waals surface area (Å²) >= 11 is 1.65. The number of para-hydroxylation sites is 2. The van der Waals surface area contributed by atoms with E-state index in [4.69, 9.17) is 4.98 Å². The Balaban J connectivity index is 1.31. The molecule has 4 aromatic rings. The van der Waals surface area contributed by atoms with Crippen molar-refractivity contribution in [1.82, 2.24) is 20.3 Å². The first-order valence-electron chi connectivity index (χ1n) is 9.78. The lowest BCUT2D eigenvalue weighted by atomic mass is 9.85. The number of hydrogen-bond donors (Lipinski definition) is 2. The highest BCUT2D eigenvalue weighted by Gasteiger charge is 2.26. The van der Waals surface area contributed by atoms with Crippen LogP contribution in [0.4, 0.5) is 0 Å². The van der Waals surface area contributed by atoms with E-state index in [0.717, 1.165) is 57.8 Å². The number of imidazole rings is 1. The lowest BCUT2D eigenvalue weighted by Crippen LogP contribution is -2.38. The van der Waals surface area contributed by atoms with Crippen LogP contribution >= 0.6 is 11.3 Å². The molecule has 1 aliphatic carbocycles. The summed E-state index contributed by atoms with van der Waals surface area (Å²) in [7, 11) is 0. The Bertz CT molecular complexity index is 1130. The van der Waals surface area contributed by atoms with Crippen LogP contribution in [0.15, 0.2) is 42.5 Å². The zero-order valence-corrected chi connectivity index (χ0v) is 16.6. The van der Waals surface area contributed by atoms with Crippen molar-refractivity contribution in [2.75, 3.05) is 0 Å². The van der Waals surface area contributed by atoms with Crippen molar-refractivity contribution in [2.45, 2.75) is 44.6 Å². The van der Waals surface area contributed by atoms with E-state index in [1.54, 1.807) is 11.3 Å². The highest BCUT2D eigenvalue weighted by molar-refractivity contribution is 7.18. The van der Waals surface area contributed by atoms with Crippen molar-refractivity contribution in [2.24, 2.45) is 0 Å². The molecule has 5 nitrogen and oxygen atoms in total. The quantitative estimate of drug-likeness (QED) is 0.521. The van der Waals surface area contributed by atoms with Gasteiger partial charge in [0.1, 0.15) is 5.82 Å². The van der Waals surface area contributed by atoms with E-state index in [1.165, 1.54) is 0 Å². The summed E-state index contributed by atoms with van der Waals surface area (Å²) in [5, 5.41) is 4.26. The van der Waals surface area contributed by atoms with E-state index in [0.29, 0.717) is 11.5 Å². The molecule has 0 spiro atoms. The van der Waals surface area contributed by atoms with Crippen LogP contribution in [0.1, 0.15) is 52.8 Å². The van der Waals surface area contributed by atoms with Gasteiger partial charge in [0, 0.05) is 17.5 Å². The van der Waals surface area contributed by atoms with E-state index in [-0.39, 0.29) is 11.9 Å². The zero-order chi connectivity index (χ0) is 19.1. The maximum Gasteiger partial charge on any atom is 0.251 e. The molecule has 1 saturated carbocycles. The summed E-state index contributed by atoms with van der Waals surface area (Å²) in [6.07, 6.45) is 4.14. The van der Waals surface area contributed by atoms with Crippen molar-refractivity contribution < 1.29 is 4.79 Å². The number of thiazole rings is 1. The highest BCUT2D eigenvalue weighted by atomic mass is 32.1. The second-order valence-corrected chi connectivity index (χ2v) is 8.82. The number of carbonyl (C=O) groups excluding carboxylic acids is 1. The maximum atomic E-state index is 12.8. The standard InChI is InChI=1S/C22H22N4OS/c1-13-23-19-12-15(9-10-20(19)28-13)22(27)24-16-6-4-5-14(11-16)21-25-17-7-2-3-8-18(17)26-21/h2-3,7-10,12,14,16H,4-6,11H2,1H3,(H,24,27)(H,25,26). The van der Waals surface area contributed by atoms with Gasteiger partial charge >= 0.3 is 0 Å². The fourth-order valence-electron chi connectivity index (χ4n) is 4.19. The van der Waals surface area contributed by atoms with Gasteiger partial charge in [-0.1, -0.05) is 18.6 Å². The first-order valence-corrected chi connectivity index (χ1v) is 10.6. The third-order valence-corrected chi connectivity index (χ3v) is 6.51. The second-order valence-electron chi connectivity index (χ2n) is 7.59. The lowest BCUT2D eigenvalue weighted by Gasteiger charge is -2.28. The van der Waals surface area contributed by atoms with Crippen LogP contribution in [0.2, 0.25) is 0 Å². The molecule has 2 atom stereocenters. The molecule has 2 unspecified atom stereocenters.